The summed E-state index contributed by atoms with van der Waals surface area (Å²) >= 11 is 12.1. The largest absolute Gasteiger partial charge is 0.497 e. The summed E-state index contributed by atoms with van der Waals surface area (Å²) in [6, 6.07) is 11.5. The minimum absolute atomic E-state index is 0.390. The third-order valence-corrected chi connectivity index (χ3v) is 3.65. The fraction of sp³-hybridized carbons (Fsp3) is 0.250. The molecule has 2 rings (SSSR count). The van der Waals surface area contributed by atoms with E-state index in [9.17, 15) is 0 Å². The molecular formula is C16H16Cl2O2. The van der Waals surface area contributed by atoms with Crippen molar-refractivity contribution in [3.8, 4) is 11.5 Å². The second-order valence-corrected chi connectivity index (χ2v) is 5.17. The first-order chi connectivity index (χ1) is 9.63. The summed E-state index contributed by atoms with van der Waals surface area (Å²) in [7, 11) is 1.62. The quantitative estimate of drug-likeness (QED) is 0.725. The fourth-order valence-electron chi connectivity index (χ4n) is 1.83. The lowest BCUT2D eigenvalue weighted by Crippen LogP contribution is -1.99. The van der Waals surface area contributed by atoms with Crippen LogP contribution >= 0.6 is 23.2 Å². The van der Waals surface area contributed by atoms with Crippen molar-refractivity contribution in [1.82, 2.24) is 0 Å². The molecule has 0 bridgehead atoms. The molecule has 0 aliphatic heterocycles. The Labute approximate surface area is 129 Å². The molecule has 0 aromatic heterocycles. The van der Waals surface area contributed by atoms with Crippen LogP contribution in [0.1, 0.15) is 16.7 Å². The van der Waals surface area contributed by atoms with Crippen molar-refractivity contribution in [3.05, 3.63) is 58.1 Å². The van der Waals surface area contributed by atoms with Crippen molar-refractivity contribution in [2.45, 2.75) is 19.4 Å². The molecule has 0 N–H and O–H groups in total. The maximum absolute atomic E-state index is 6.20. The zero-order chi connectivity index (χ0) is 14.5. The first kappa shape index (κ1) is 15.0. The van der Waals surface area contributed by atoms with Crippen molar-refractivity contribution in [2.24, 2.45) is 0 Å². The maximum atomic E-state index is 6.20. The van der Waals surface area contributed by atoms with Gasteiger partial charge in [0.05, 0.1) is 13.0 Å². The Morgan fingerprint density at radius 1 is 1.05 bits per heavy atom. The third-order valence-electron chi connectivity index (χ3n) is 3.01. The number of ether oxygens (including phenoxy) is 2. The van der Waals surface area contributed by atoms with Crippen molar-refractivity contribution in [2.75, 3.05) is 7.11 Å². The number of aryl methyl sites for hydroxylation is 1. The summed E-state index contributed by atoms with van der Waals surface area (Å²) in [6.07, 6.45) is 0. The van der Waals surface area contributed by atoms with Gasteiger partial charge in [-0.15, -0.1) is 11.6 Å². The van der Waals surface area contributed by atoms with Crippen LogP contribution in [0.2, 0.25) is 5.02 Å². The number of halogens is 2. The van der Waals surface area contributed by atoms with Gasteiger partial charge in [0, 0.05) is 22.2 Å². The average molecular weight is 311 g/mol. The number of alkyl halides is 1. The lowest BCUT2D eigenvalue weighted by atomic mass is 10.1. The molecule has 0 unspecified atom stereocenters. The first-order valence-corrected chi connectivity index (χ1v) is 7.16. The van der Waals surface area contributed by atoms with E-state index in [0.29, 0.717) is 17.5 Å². The van der Waals surface area contributed by atoms with Gasteiger partial charge in [-0.25, -0.2) is 0 Å². The molecule has 2 aromatic carbocycles. The molecule has 0 aliphatic carbocycles. The lowest BCUT2D eigenvalue weighted by Gasteiger charge is -2.12. The fourth-order valence-corrected chi connectivity index (χ4v) is 2.34. The van der Waals surface area contributed by atoms with Gasteiger partial charge in [0.25, 0.3) is 0 Å². The predicted octanol–water partition coefficient (Wildman–Crippen LogP) is 4.97. The summed E-state index contributed by atoms with van der Waals surface area (Å²) in [5.74, 6) is 1.85. The second-order valence-electron chi connectivity index (χ2n) is 4.49. The van der Waals surface area contributed by atoms with Gasteiger partial charge >= 0.3 is 0 Å². The van der Waals surface area contributed by atoms with Crippen LogP contribution in [0.15, 0.2) is 36.4 Å². The smallest absolute Gasteiger partial charge is 0.127 e. The summed E-state index contributed by atoms with van der Waals surface area (Å²) in [5.41, 5.74) is 3.00. The van der Waals surface area contributed by atoms with Crippen LogP contribution in [0.3, 0.4) is 0 Å². The zero-order valence-electron chi connectivity index (χ0n) is 11.5. The Balaban J connectivity index is 2.17. The van der Waals surface area contributed by atoms with E-state index in [0.717, 1.165) is 28.2 Å². The van der Waals surface area contributed by atoms with Gasteiger partial charge < -0.3 is 9.47 Å². The highest BCUT2D eigenvalue weighted by molar-refractivity contribution is 6.31. The molecule has 2 nitrogen and oxygen atoms in total. The molecular weight excluding hydrogens is 295 g/mol. The number of hydrogen-bond donors (Lipinski definition) is 0. The topological polar surface area (TPSA) is 18.5 Å². The standard InChI is InChI=1S/C16H16Cl2O2/c1-11-3-4-13(15(18)7-11)10-20-16-8-14(19-2)6-5-12(16)9-17/h3-8H,9-10H2,1-2H3. The van der Waals surface area contributed by atoms with Crippen molar-refractivity contribution in [3.63, 3.8) is 0 Å². The Bertz CT molecular complexity index is 597. The van der Waals surface area contributed by atoms with Crippen LogP contribution in [0.4, 0.5) is 0 Å². The molecule has 0 heterocycles. The summed E-state index contributed by atoms with van der Waals surface area (Å²) in [4.78, 5) is 0. The van der Waals surface area contributed by atoms with E-state index in [4.69, 9.17) is 32.7 Å². The molecule has 0 aliphatic rings. The van der Waals surface area contributed by atoms with Crippen LogP contribution in [-0.2, 0) is 12.5 Å². The molecule has 20 heavy (non-hydrogen) atoms. The normalized spacial score (nSPS) is 10.4. The van der Waals surface area contributed by atoms with Gasteiger partial charge in [-0.2, -0.15) is 0 Å². The number of methoxy groups -OCH3 is 1. The van der Waals surface area contributed by atoms with Gasteiger partial charge in [0.2, 0.25) is 0 Å². The highest BCUT2D eigenvalue weighted by atomic mass is 35.5. The molecule has 4 heteroatoms. The maximum Gasteiger partial charge on any atom is 0.127 e. The Kier molecular flexibility index (Phi) is 5.16. The second kappa shape index (κ2) is 6.87. The van der Waals surface area contributed by atoms with E-state index in [1.54, 1.807) is 7.11 Å². The molecule has 0 saturated heterocycles. The summed E-state index contributed by atoms with van der Waals surface area (Å²) < 4.78 is 11.0. The molecule has 0 fully saturated rings. The molecule has 106 valence electrons. The first-order valence-electron chi connectivity index (χ1n) is 6.24. The van der Waals surface area contributed by atoms with Crippen LogP contribution in [0.5, 0.6) is 11.5 Å². The van der Waals surface area contributed by atoms with Crippen molar-refractivity contribution in [1.29, 1.82) is 0 Å². The van der Waals surface area contributed by atoms with Gasteiger partial charge in [0.1, 0.15) is 18.1 Å². The van der Waals surface area contributed by atoms with E-state index in [1.807, 2.05) is 43.3 Å². The van der Waals surface area contributed by atoms with Gasteiger partial charge in [-0.3, -0.25) is 0 Å². The minimum Gasteiger partial charge on any atom is -0.497 e. The zero-order valence-corrected chi connectivity index (χ0v) is 13.0. The van der Waals surface area contributed by atoms with E-state index >= 15 is 0 Å². The molecule has 0 spiro atoms. The van der Waals surface area contributed by atoms with E-state index < -0.39 is 0 Å². The summed E-state index contributed by atoms with van der Waals surface area (Å²) in [6.45, 7) is 2.40. The highest BCUT2D eigenvalue weighted by Gasteiger charge is 2.07. The van der Waals surface area contributed by atoms with E-state index in [-0.39, 0.29) is 0 Å². The Hall–Kier alpha value is -1.38. The molecule has 2 aromatic rings. The minimum atomic E-state index is 0.390. The third kappa shape index (κ3) is 3.59. The number of benzene rings is 2. The number of rotatable bonds is 5. The molecule has 0 radical (unpaired) electrons. The van der Waals surface area contributed by atoms with Crippen LogP contribution in [0, 0.1) is 6.92 Å². The Morgan fingerprint density at radius 2 is 1.80 bits per heavy atom. The van der Waals surface area contributed by atoms with E-state index in [2.05, 4.69) is 0 Å². The monoisotopic (exact) mass is 310 g/mol. The van der Waals surface area contributed by atoms with Crippen LogP contribution in [-0.4, -0.2) is 7.11 Å². The molecule has 0 atom stereocenters. The SMILES string of the molecule is COc1ccc(CCl)c(OCc2ccc(C)cc2Cl)c1. The molecule has 0 saturated carbocycles. The number of hydrogen-bond acceptors (Lipinski definition) is 2. The van der Waals surface area contributed by atoms with Crippen LogP contribution < -0.4 is 9.47 Å². The summed E-state index contributed by atoms with van der Waals surface area (Å²) in [5, 5.41) is 0.709. The Morgan fingerprint density at radius 3 is 2.45 bits per heavy atom. The molecule has 0 amide bonds. The van der Waals surface area contributed by atoms with Gasteiger partial charge in [-0.05, 0) is 24.6 Å². The van der Waals surface area contributed by atoms with Gasteiger partial charge in [0.15, 0.2) is 0 Å². The lowest BCUT2D eigenvalue weighted by molar-refractivity contribution is 0.301. The van der Waals surface area contributed by atoms with Crippen molar-refractivity contribution < 1.29 is 9.47 Å². The highest BCUT2D eigenvalue weighted by Crippen LogP contribution is 2.28. The van der Waals surface area contributed by atoms with Crippen molar-refractivity contribution >= 4 is 23.2 Å². The van der Waals surface area contributed by atoms with Gasteiger partial charge in [-0.1, -0.05) is 29.8 Å². The predicted molar refractivity (Wildman–Crippen MR) is 83.1 cm³/mol. The van der Waals surface area contributed by atoms with E-state index in [1.165, 1.54) is 0 Å². The van der Waals surface area contributed by atoms with Crippen LogP contribution in [0.25, 0.3) is 0 Å². The average Bonchev–Trinajstić information content (AvgIpc) is 2.46.